The molecule has 7 nitrogen and oxygen atoms in total. The zero-order valence-corrected chi connectivity index (χ0v) is 17.7. The molecule has 1 fully saturated rings. The Bertz CT molecular complexity index is 1250. The Labute approximate surface area is 184 Å². The maximum atomic E-state index is 13.3. The molecule has 0 bridgehead atoms. The first-order chi connectivity index (χ1) is 15.3. The number of halogens is 1. The van der Waals surface area contributed by atoms with Crippen molar-refractivity contribution in [2.24, 2.45) is 5.92 Å². The van der Waals surface area contributed by atoms with E-state index >= 15 is 0 Å². The molecule has 1 aliphatic heterocycles. The van der Waals surface area contributed by atoms with Crippen molar-refractivity contribution in [3.05, 3.63) is 84.7 Å². The first-order valence-corrected chi connectivity index (χ1v) is 11.3. The van der Waals surface area contributed by atoms with E-state index in [4.69, 9.17) is 0 Å². The highest BCUT2D eigenvalue weighted by Crippen LogP contribution is 2.26. The van der Waals surface area contributed by atoms with Gasteiger partial charge in [0.1, 0.15) is 5.82 Å². The fraction of sp³-hybridized carbons (Fsp3) is 0.130. The van der Waals surface area contributed by atoms with Crippen LogP contribution < -0.4 is 14.9 Å². The van der Waals surface area contributed by atoms with Crippen molar-refractivity contribution in [1.82, 2.24) is 0 Å². The Morgan fingerprint density at radius 1 is 0.938 bits per heavy atom. The van der Waals surface area contributed by atoms with Crippen LogP contribution in [-0.4, -0.2) is 26.8 Å². The van der Waals surface area contributed by atoms with Gasteiger partial charge < -0.3 is 10.2 Å². The number of benzene rings is 3. The molecule has 0 spiro atoms. The Morgan fingerprint density at radius 3 is 2.34 bits per heavy atom. The summed E-state index contributed by atoms with van der Waals surface area (Å²) in [6, 6.07) is 19.9. The van der Waals surface area contributed by atoms with Gasteiger partial charge in [-0.3, -0.25) is 14.3 Å². The van der Waals surface area contributed by atoms with E-state index < -0.39 is 21.8 Å². The monoisotopic (exact) mass is 453 g/mol. The van der Waals surface area contributed by atoms with E-state index in [0.717, 1.165) is 11.8 Å². The average Bonchev–Trinajstić information content (AvgIpc) is 3.16. The Balaban J connectivity index is 1.40. The largest absolute Gasteiger partial charge is 0.326 e. The topological polar surface area (TPSA) is 95.6 Å². The van der Waals surface area contributed by atoms with Gasteiger partial charge in [-0.15, -0.1) is 0 Å². The van der Waals surface area contributed by atoms with Crippen LogP contribution in [0.1, 0.15) is 6.42 Å². The molecule has 2 amide bonds. The highest BCUT2D eigenvalue weighted by Gasteiger charge is 2.35. The molecule has 1 unspecified atom stereocenters. The second-order valence-corrected chi connectivity index (χ2v) is 9.05. The van der Waals surface area contributed by atoms with Gasteiger partial charge >= 0.3 is 0 Å². The number of amides is 2. The highest BCUT2D eigenvalue weighted by atomic mass is 32.2. The third-order valence-corrected chi connectivity index (χ3v) is 6.47. The SMILES string of the molecule is O=C(Nc1ccc(S(=O)(=O)Nc2cccc(F)c2)cc1)C1CC(=O)N(c2ccccc2)C1. The Hall–Kier alpha value is -3.72. The quantitative estimate of drug-likeness (QED) is 0.596. The van der Waals surface area contributed by atoms with Crippen molar-refractivity contribution < 1.29 is 22.4 Å². The fourth-order valence-corrected chi connectivity index (χ4v) is 4.52. The molecule has 1 atom stereocenters. The van der Waals surface area contributed by atoms with Crippen LogP contribution in [0.4, 0.5) is 21.5 Å². The number of nitrogens with one attached hydrogen (secondary N) is 2. The lowest BCUT2D eigenvalue weighted by molar-refractivity contribution is -0.122. The molecule has 3 aromatic rings. The Morgan fingerprint density at radius 2 is 1.66 bits per heavy atom. The molecule has 2 N–H and O–H groups in total. The summed E-state index contributed by atoms with van der Waals surface area (Å²) in [5.41, 5.74) is 1.26. The van der Waals surface area contributed by atoms with E-state index in [1.807, 2.05) is 30.3 Å². The van der Waals surface area contributed by atoms with Crippen molar-refractivity contribution in [2.75, 3.05) is 21.5 Å². The second kappa shape index (κ2) is 8.80. The van der Waals surface area contributed by atoms with Gasteiger partial charge in [0.25, 0.3) is 10.0 Å². The van der Waals surface area contributed by atoms with E-state index in [0.29, 0.717) is 5.69 Å². The number of hydrogen-bond donors (Lipinski definition) is 2. The minimum atomic E-state index is -3.92. The van der Waals surface area contributed by atoms with Gasteiger partial charge in [-0.05, 0) is 54.6 Å². The minimum absolute atomic E-state index is 0.0361. The van der Waals surface area contributed by atoms with Crippen LogP contribution in [0.15, 0.2) is 83.8 Å². The number of rotatable bonds is 6. The van der Waals surface area contributed by atoms with E-state index in [1.54, 1.807) is 4.90 Å². The summed E-state index contributed by atoms with van der Waals surface area (Å²) in [7, 11) is -3.92. The molecule has 0 aliphatic carbocycles. The van der Waals surface area contributed by atoms with E-state index in [9.17, 15) is 22.4 Å². The standard InChI is InChI=1S/C23H20FN3O4S/c24-17-5-4-6-19(14-17)26-32(30,31)21-11-9-18(10-12-21)25-23(29)16-13-22(28)27(15-16)20-7-2-1-3-8-20/h1-12,14,16,26H,13,15H2,(H,25,29). The summed E-state index contributed by atoms with van der Waals surface area (Å²) in [5, 5.41) is 2.73. The number of carbonyl (C=O) groups excluding carboxylic acids is 2. The predicted octanol–water partition coefficient (Wildman–Crippen LogP) is 3.62. The van der Waals surface area contributed by atoms with Crippen LogP contribution in [-0.2, 0) is 19.6 Å². The van der Waals surface area contributed by atoms with Gasteiger partial charge in [-0.2, -0.15) is 0 Å². The molecule has 1 heterocycles. The van der Waals surface area contributed by atoms with Gasteiger partial charge in [0.05, 0.1) is 16.5 Å². The van der Waals surface area contributed by atoms with E-state index in [2.05, 4.69) is 10.0 Å². The maximum Gasteiger partial charge on any atom is 0.261 e. The molecule has 4 rings (SSSR count). The molecule has 0 radical (unpaired) electrons. The first-order valence-electron chi connectivity index (χ1n) is 9.86. The molecule has 3 aromatic carbocycles. The molecule has 0 saturated carbocycles. The van der Waals surface area contributed by atoms with Crippen molar-refractivity contribution in [3.8, 4) is 0 Å². The number of carbonyl (C=O) groups is 2. The molecular formula is C23H20FN3O4S. The number of anilines is 3. The van der Waals surface area contributed by atoms with Crippen molar-refractivity contribution in [3.63, 3.8) is 0 Å². The van der Waals surface area contributed by atoms with E-state index in [1.165, 1.54) is 42.5 Å². The average molecular weight is 453 g/mol. The van der Waals surface area contributed by atoms with Crippen LogP contribution in [0.5, 0.6) is 0 Å². The van der Waals surface area contributed by atoms with Crippen LogP contribution in [0.2, 0.25) is 0 Å². The lowest BCUT2D eigenvalue weighted by Crippen LogP contribution is -2.28. The van der Waals surface area contributed by atoms with Gasteiger partial charge in [0.15, 0.2) is 0 Å². The van der Waals surface area contributed by atoms with Crippen LogP contribution >= 0.6 is 0 Å². The van der Waals surface area contributed by atoms with Crippen LogP contribution in [0.25, 0.3) is 0 Å². The lowest BCUT2D eigenvalue weighted by Gasteiger charge is -2.16. The first kappa shape index (κ1) is 21.5. The summed E-state index contributed by atoms with van der Waals surface area (Å²) >= 11 is 0. The van der Waals surface area contributed by atoms with Gasteiger partial charge in [-0.25, -0.2) is 12.8 Å². The number of nitrogens with zero attached hydrogens (tertiary/aromatic N) is 1. The fourth-order valence-electron chi connectivity index (χ4n) is 3.47. The normalized spacial score (nSPS) is 16.1. The third-order valence-electron chi connectivity index (χ3n) is 5.07. The Kier molecular flexibility index (Phi) is 5.91. The van der Waals surface area contributed by atoms with Crippen LogP contribution in [0.3, 0.4) is 0 Å². The number of para-hydroxylation sites is 1. The summed E-state index contributed by atoms with van der Waals surface area (Å²) < 4.78 is 40.6. The zero-order valence-electron chi connectivity index (χ0n) is 16.9. The molecule has 32 heavy (non-hydrogen) atoms. The molecule has 164 valence electrons. The summed E-state index contributed by atoms with van der Waals surface area (Å²) in [4.78, 5) is 26.5. The van der Waals surface area contributed by atoms with Crippen molar-refractivity contribution >= 4 is 38.9 Å². The van der Waals surface area contributed by atoms with Crippen molar-refractivity contribution in [1.29, 1.82) is 0 Å². The van der Waals surface area contributed by atoms with Crippen LogP contribution in [0, 0.1) is 11.7 Å². The predicted molar refractivity (Wildman–Crippen MR) is 119 cm³/mol. The molecule has 0 aromatic heterocycles. The van der Waals surface area contributed by atoms with Crippen molar-refractivity contribution in [2.45, 2.75) is 11.3 Å². The number of hydrogen-bond acceptors (Lipinski definition) is 4. The third kappa shape index (κ3) is 4.78. The number of sulfonamides is 1. The van der Waals surface area contributed by atoms with Gasteiger partial charge in [0, 0.05) is 24.3 Å². The smallest absolute Gasteiger partial charge is 0.261 e. The maximum absolute atomic E-state index is 13.3. The lowest BCUT2D eigenvalue weighted by atomic mass is 10.1. The molecule has 1 saturated heterocycles. The second-order valence-electron chi connectivity index (χ2n) is 7.37. The summed E-state index contributed by atoms with van der Waals surface area (Å²) in [5.74, 6) is -1.51. The van der Waals surface area contributed by atoms with Gasteiger partial charge in [0.2, 0.25) is 11.8 Å². The summed E-state index contributed by atoms with van der Waals surface area (Å²) in [6.07, 6.45) is 0.102. The molecular weight excluding hydrogens is 433 g/mol. The van der Waals surface area contributed by atoms with Gasteiger partial charge in [-0.1, -0.05) is 24.3 Å². The highest BCUT2D eigenvalue weighted by molar-refractivity contribution is 7.92. The minimum Gasteiger partial charge on any atom is -0.326 e. The zero-order chi connectivity index (χ0) is 22.7. The van der Waals surface area contributed by atoms with E-state index in [-0.39, 0.29) is 35.4 Å². The molecule has 1 aliphatic rings. The summed E-state index contributed by atoms with van der Waals surface area (Å²) in [6.45, 7) is 0.276. The molecule has 9 heteroatoms.